The smallest absolute Gasteiger partial charge is 0.316 e. The Labute approximate surface area is 118 Å². The molecular formula is C14H18N2O2S. The number of hydrogen-bond donors (Lipinski definition) is 0. The van der Waals surface area contributed by atoms with Gasteiger partial charge in [0.15, 0.2) is 0 Å². The van der Waals surface area contributed by atoms with E-state index in [0.29, 0.717) is 10.6 Å². The van der Waals surface area contributed by atoms with Crippen LogP contribution in [0.25, 0.3) is 0 Å². The molecule has 19 heavy (non-hydrogen) atoms. The third kappa shape index (κ3) is 4.92. The maximum Gasteiger partial charge on any atom is 0.316 e. The molecule has 0 aromatic carbocycles. The molecule has 0 saturated heterocycles. The molecule has 1 aromatic rings. The number of nitrogens with zero attached hydrogens (tertiary/aromatic N) is 2. The van der Waals surface area contributed by atoms with Crippen LogP contribution in [0, 0.1) is 25.2 Å². The van der Waals surface area contributed by atoms with Crippen LogP contribution >= 0.6 is 11.8 Å². The predicted octanol–water partition coefficient (Wildman–Crippen LogP) is 3.00. The van der Waals surface area contributed by atoms with Crippen molar-refractivity contribution in [1.82, 2.24) is 4.98 Å². The van der Waals surface area contributed by atoms with E-state index >= 15 is 0 Å². The zero-order chi connectivity index (χ0) is 14.6. The summed E-state index contributed by atoms with van der Waals surface area (Å²) in [4.78, 5) is 16.0. The van der Waals surface area contributed by atoms with Crippen LogP contribution in [0.4, 0.5) is 0 Å². The highest BCUT2D eigenvalue weighted by molar-refractivity contribution is 7.99. The van der Waals surface area contributed by atoms with E-state index in [2.05, 4.69) is 11.1 Å². The molecule has 0 aliphatic carbocycles. The molecule has 0 atom stereocenters. The summed E-state index contributed by atoms with van der Waals surface area (Å²) in [5.41, 5.74) is 1.75. The maximum atomic E-state index is 11.6. The molecule has 0 fully saturated rings. The number of esters is 1. The SMILES string of the molecule is Cc1cc(C)c(C#N)c(SCC(=O)OC(C)(C)C)n1. The summed E-state index contributed by atoms with van der Waals surface area (Å²) in [7, 11) is 0. The van der Waals surface area contributed by atoms with Crippen LogP contribution in [-0.4, -0.2) is 22.3 Å². The monoisotopic (exact) mass is 278 g/mol. The number of ether oxygens (including phenoxy) is 1. The lowest BCUT2D eigenvalue weighted by molar-refractivity contribution is -0.151. The molecule has 0 amide bonds. The first-order valence-electron chi connectivity index (χ1n) is 5.96. The normalized spacial score (nSPS) is 10.9. The molecule has 0 spiro atoms. The van der Waals surface area contributed by atoms with Crippen LogP contribution in [0.5, 0.6) is 0 Å². The lowest BCUT2D eigenvalue weighted by Gasteiger charge is -2.19. The Morgan fingerprint density at radius 3 is 2.63 bits per heavy atom. The van der Waals surface area contributed by atoms with Crippen molar-refractivity contribution in [1.29, 1.82) is 5.26 Å². The molecule has 4 nitrogen and oxygen atoms in total. The predicted molar refractivity (Wildman–Crippen MR) is 75.0 cm³/mol. The summed E-state index contributed by atoms with van der Waals surface area (Å²) >= 11 is 1.24. The highest BCUT2D eigenvalue weighted by atomic mass is 32.2. The summed E-state index contributed by atoms with van der Waals surface area (Å²) in [6.07, 6.45) is 0. The molecule has 5 heteroatoms. The van der Waals surface area contributed by atoms with Crippen LogP contribution in [0.15, 0.2) is 11.1 Å². The van der Waals surface area contributed by atoms with Crippen LogP contribution in [0.2, 0.25) is 0 Å². The average Bonchev–Trinajstić information content (AvgIpc) is 2.23. The lowest BCUT2D eigenvalue weighted by Crippen LogP contribution is -2.25. The number of aromatic nitrogens is 1. The van der Waals surface area contributed by atoms with Crippen molar-refractivity contribution in [2.24, 2.45) is 0 Å². The summed E-state index contributed by atoms with van der Waals surface area (Å²) in [5.74, 6) is -0.149. The number of carbonyl (C=O) groups is 1. The van der Waals surface area contributed by atoms with Gasteiger partial charge in [-0.2, -0.15) is 5.26 Å². The molecule has 0 aliphatic heterocycles. The van der Waals surface area contributed by atoms with E-state index < -0.39 is 5.60 Å². The van der Waals surface area contributed by atoms with Crippen molar-refractivity contribution in [3.63, 3.8) is 0 Å². The van der Waals surface area contributed by atoms with E-state index in [-0.39, 0.29) is 11.7 Å². The van der Waals surface area contributed by atoms with Gasteiger partial charge in [0.1, 0.15) is 16.7 Å². The van der Waals surface area contributed by atoms with Gasteiger partial charge in [-0.05, 0) is 46.2 Å². The second kappa shape index (κ2) is 6.07. The van der Waals surface area contributed by atoms with Gasteiger partial charge in [0, 0.05) is 5.69 Å². The van der Waals surface area contributed by atoms with Crippen molar-refractivity contribution in [2.45, 2.75) is 45.2 Å². The second-order valence-electron chi connectivity index (χ2n) is 5.25. The number of aryl methyl sites for hydroxylation is 2. The quantitative estimate of drug-likeness (QED) is 0.628. The minimum Gasteiger partial charge on any atom is -0.459 e. The first kappa shape index (κ1) is 15.5. The Morgan fingerprint density at radius 2 is 2.11 bits per heavy atom. The van der Waals surface area contributed by atoms with Crippen molar-refractivity contribution >= 4 is 17.7 Å². The molecule has 0 aliphatic rings. The average molecular weight is 278 g/mol. The van der Waals surface area contributed by atoms with Crippen molar-refractivity contribution in [3.8, 4) is 6.07 Å². The minimum absolute atomic E-state index is 0.155. The van der Waals surface area contributed by atoms with Gasteiger partial charge in [0.05, 0.1) is 11.3 Å². The van der Waals surface area contributed by atoms with Gasteiger partial charge in [-0.1, -0.05) is 11.8 Å². The third-order valence-corrected chi connectivity index (χ3v) is 3.12. The molecule has 0 bridgehead atoms. The number of rotatable bonds is 3. The van der Waals surface area contributed by atoms with E-state index in [1.54, 1.807) is 0 Å². The number of nitriles is 1. The van der Waals surface area contributed by atoms with E-state index in [1.807, 2.05) is 40.7 Å². The van der Waals surface area contributed by atoms with E-state index in [1.165, 1.54) is 11.8 Å². The molecule has 0 N–H and O–H groups in total. The van der Waals surface area contributed by atoms with Gasteiger partial charge in [0.25, 0.3) is 0 Å². The Bertz CT molecular complexity index is 527. The van der Waals surface area contributed by atoms with E-state index in [0.717, 1.165) is 11.3 Å². The van der Waals surface area contributed by atoms with Crippen LogP contribution in [-0.2, 0) is 9.53 Å². The van der Waals surface area contributed by atoms with Crippen molar-refractivity contribution in [2.75, 3.05) is 5.75 Å². The Hall–Kier alpha value is -1.54. The van der Waals surface area contributed by atoms with Gasteiger partial charge in [-0.3, -0.25) is 4.79 Å². The molecule has 102 valence electrons. The van der Waals surface area contributed by atoms with Crippen LogP contribution in [0.1, 0.15) is 37.6 Å². The summed E-state index contributed by atoms with van der Waals surface area (Å²) in [6, 6.07) is 3.98. The van der Waals surface area contributed by atoms with Gasteiger partial charge >= 0.3 is 5.97 Å². The number of hydrogen-bond acceptors (Lipinski definition) is 5. The Morgan fingerprint density at radius 1 is 1.47 bits per heavy atom. The Balaban J connectivity index is 2.79. The molecule has 1 heterocycles. The molecule has 0 saturated carbocycles. The minimum atomic E-state index is -0.494. The Kier molecular flexibility index (Phi) is 4.96. The highest BCUT2D eigenvalue weighted by Gasteiger charge is 2.17. The topological polar surface area (TPSA) is 63.0 Å². The zero-order valence-electron chi connectivity index (χ0n) is 11.9. The second-order valence-corrected chi connectivity index (χ2v) is 6.21. The highest BCUT2D eigenvalue weighted by Crippen LogP contribution is 2.24. The van der Waals surface area contributed by atoms with Gasteiger partial charge in [0.2, 0.25) is 0 Å². The first-order valence-corrected chi connectivity index (χ1v) is 6.94. The number of pyridine rings is 1. The van der Waals surface area contributed by atoms with Crippen LogP contribution < -0.4 is 0 Å². The van der Waals surface area contributed by atoms with Crippen molar-refractivity contribution in [3.05, 3.63) is 22.9 Å². The third-order valence-electron chi connectivity index (χ3n) is 2.17. The standard InChI is InChI=1S/C14H18N2O2S/c1-9-6-10(2)16-13(11(9)7-15)19-8-12(17)18-14(3,4)5/h6H,8H2,1-5H3. The van der Waals surface area contributed by atoms with Gasteiger partial charge < -0.3 is 4.74 Å². The van der Waals surface area contributed by atoms with Gasteiger partial charge in [-0.25, -0.2) is 4.98 Å². The first-order chi connectivity index (χ1) is 8.73. The molecule has 0 unspecified atom stereocenters. The molecule has 1 aromatic heterocycles. The van der Waals surface area contributed by atoms with E-state index in [4.69, 9.17) is 10.00 Å². The summed E-state index contributed by atoms with van der Waals surface area (Å²) in [5, 5.41) is 9.71. The zero-order valence-corrected chi connectivity index (χ0v) is 12.7. The summed E-state index contributed by atoms with van der Waals surface area (Å²) in [6.45, 7) is 9.21. The number of thioether (sulfide) groups is 1. The largest absolute Gasteiger partial charge is 0.459 e. The maximum absolute atomic E-state index is 11.6. The van der Waals surface area contributed by atoms with Gasteiger partial charge in [-0.15, -0.1) is 0 Å². The van der Waals surface area contributed by atoms with Crippen LogP contribution in [0.3, 0.4) is 0 Å². The molecular weight excluding hydrogens is 260 g/mol. The van der Waals surface area contributed by atoms with E-state index in [9.17, 15) is 4.79 Å². The fourth-order valence-electron chi connectivity index (χ4n) is 1.54. The summed E-state index contributed by atoms with van der Waals surface area (Å²) < 4.78 is 5.22. The fraction of sp³-hybridized carbons (Fsp3) is 0.500. The number of carbonyl (C=O) groups excluding carboxylic acids is 1. The fourth-order valence-corrected chi connectivity index (χ4v) is 2.41. The van der Waals surface area contributed by atoms with Crippen molar-refractivity contribution < 1.29 is 9.53 Å². The molecule has 1 rings (SSSR count). The lowest BCUT2D eigenvalue weighted by atomic mass is 10.1. The molecule has 0 radical (unpaired) electrons.